The summed E-state index contributed by atoms with van der Waals surface area (Å²) in [5.74, 6) is 0.819. The lowest BCUT2D eigenvalue weighted by molar-refractivity contribution is -0.137. The summed E-state index contributed by atoms with van der Waals surface area (Å²) in [6.07, 6.45) is -0.798. The minimum absolute atomic E-state index is 0.201. The van der Waals surface area contributed by atoms with Crippen LogP contribution < -0.4 is 10.2 Å². The van der Waals surface area contributed by atoms with Crippen molar-refractivity contribution < 1.29 is 17.6 Å². The summed E-state index contributed by atoms with van der Waals surface area (Å²) in [7, 11) is 0. The van der Waals surface area contributed by atoms with E-state index in [1.165, 1.54) is 18.5 Å². The van der Waals surface area contributed by atoms with Gasteiger partial charge in [-0.05, 0) is 38.1 Å². The number of alkyl halides is 4. The molecule has 4 aromatic heterocycles. The topological polar surface area (TPSA) is 95.8 Å². The van der Waals surface area contributed by atoms with Crippen LogP contribution in [-0.4, -0.2) is 67.3 Å². The van der Waals surface area contributed by atoms with Crippen molar-refractivity contribution in [2.75, 3.05) is 36.4 Å². The first-order chi connectivity index (χ1) is 18.2. The molecule has 0 amide bonds. The number of aromatic nitrogens is 6. The van der Waals surface area contributed by atoms with Crippen molar-refractivity contribution in [1.29, 1.82) is 0 Å². The number of hydrogen-bond acceptors (Lipinski definition) is 9. The SMILES string of the molecule is CC(C)N1CCN(c2cc(CF)c(-c3cnc4c(Nc5ccc(C(F)(F)F)cn5)ccnc4n3)nn2)CC1. The Labute approximate surface area is 216 Å². The number of anilines is 3. The summed E-state index contributed by atoms with van der Waals surface area (Å²) >= 11 is 0. The second kappa shape index (κ2) is 10.4. The monoisotopic (exact) mass is 527 g/mol. The molecule has 1 fully saturated rings. The maximum atomic E-state index is 14.1. The first-order valence-corrected chi connectivity index (χ1v) is 12.1. The van der Waals surface area contributed by atoms with E-state index >= 15 is 0 Å². The van der Waals surface area contributed by atoms with Crippen LogP contribution in [0.3, 0.4) is 0 Å². The molecule has 0 unspecified atom stereocenters. The Kier molecular flexibility index (Phi) is 7.02. The second-order valence-corrected chi connectivity index (χ2v) is 9.17. The lowest BCUT2D eigenvalue weighted by Crippen LogP contribution is -2.49. The molecular weight excluding hydrogens is 502 g/mol. The van der Waals surface area contributed by atoms with E-state index in [1.807, 2.05) is 0 Å². The molecule has 1 aliphatic rings. The Bertz CT molecular complexity index is 1420. The van der Waals surface area contributed by atoms with E-state index in [2.05, 4.69) is 59.1 Å². The highest BCUT2D eigenvalue weighted by Gasteiger charge is 2.30. The smallest absolute Gasteiger partial charge is 0.353 e. The predicted molar refractivity (Wildman–Crippen MR) is 135 cm³/mol. The van der Waals surface area contributed by atoms with Gasteiger partial charge in [0.15, 0.2) is 11.5 Å². The van der Waals surface area contributed by atoms with E-state index in [1.54, 1.807) is 12.1 Å². The van der Waals surface area contributed by atoms with Gasteiger partial charge in [-0.3, -0.25) is 4.90 Å². The summed E-state index contributed by atoms with van der Waals surface area (Å²) < 4.78 is 52.5. The Balaban J connectivity index is 1.39. The van der Waals surface area contributed by atoms with Crippen molar-refractivity contribution in [3.63, 3.8) is 0 Å². The number of nitrogens with zero attached hydrogens (tertiary/aromatic N) is 8. The van der Waals surface area contributed by atoms with Gasteiger partial charge in [0.05, 0.1) is 17.4 Å². The molecule has 13 heteroatoms. The Morgan fingerprint density at radius 1 is 0.974 bits per heavy atom. The molecule has 0 aliphatic carbocycles. The van der Waals surface area contributed by atoms with Gasteiger partial charge in [0, 0.05) is 50.2 Å². The van der Waals surface area contributed by atoms with Gasteiger partial charge in [-0.15, -0.1) is 10.2 Å². The molecule has 0 spiro atoms. The zero-order chi connectivity index (χ0) is 26.9. The molecule has 0 saturated carbocycles. The quantitative estimate of drug-likeness (QED) is 0.360. The summed E-state index contributed by atoms with van der Waals surface area (Å²) in [5.41, 5.74) is 1.15. The van der Waals surface area contributed by atoms with E-state index in [4.69, 9.17) is 0 Å². The van der Waals surface area contributed by atoms with Crippen molar-refractivity contribution in [1.82, 2.24) is 35.0 Å². The first-order valence-electron chi connectivity index (χ1n) is 12.1. The summed E-state index contributed by atoms with van der Waals surface area (Å²) in [6, 6.07) is 5.93. The van der Waals surface area contributed by atoms with Gasteiger partial charge in [0.2, 0.25) is 0 Å². The van der Waals surface area contributed by atoms with E-state index in [9.17, 15) is 17.6 Å². The molecule has 0 radical (unpaired) electrons. The van der Waals surface area contributed by atoms with Gasteiger partial charge < -0.3 is 10.2 Å². The van der Waals surface area contributed by atoms with Gasteiger partial charge in [-0.2, -0.15) is 13.2 Å². The van der Waals surface area contributed by atoms with E-state index in [0.29, 0.717) is 34.3 Å². The average Bonchev–Trinajstić information content (AvgIpc) is 2.92. The fourth-order valence-electron chi connectivity index (χ4n) is 4.27. The molecule has 1 N–H and O–H groups in total. The molecule has 0 bridgehead atoms. The highest BCUT2D eigenvalue weighted by atomic mass is 19.4. The summed E-state index contributed by atoms with van der Waals surface area (Å²) in [6.45, 7) is 6.92. The maximum absolute atomic E-state index is 14.1. The summed E-state index contributed by atoms with van der Waals surface area (Å²) in [5, 5.41) is 11.6. The van der Waals surface area contributed by atoms with Gasteiger partial charge >= 0.3 is 6.18 Å². The Hall–Kier alpha value is -4.00. The van der Waals surface area contributed by atoms with Gasteiger partial charge in [0.1, 0.15) is 29.4 Å². The third-order valence-electron chi connectivity index (χ3n) is 6.42. The fraction of sp³-hybridized carbons (Fsp3) is 0.360. The van der Waals surface area contributed by atoms with Crippen molar-refractivity contribution >= 4 is 28.5 Å². The van der Waals surface area contributed by atoms with Crippen molar-refractivity contribution in [2.45, 2.75) is 32.7 Å². The van der Waals surface area contributed by atoms with E-state index < -0.39 is 18.4 Å². The molecule has 5 rings (SSSR count). The van der Waals surface area contributed by atoms with Crippen LogP contribution in [0.2, 0.25) is 0 Å². The van der Waals surface area contributed by atoms with E-state index in [0.717, 1.165) is 38.4 Å². The largest absolute Gasteiger partial charge is 0.417 e. The number of halogens is 4. The second-order valence-electron chi connectivity index (χ2n) is 9.17. The summed E-state index contributed by atoms with van der Waals surface area (Å²) in [4.78, 5) is 21.5. The number of rotatable bonds is 6. The average molecular weight is 528 g/mol. The minimum Gasteiger partial charge on any atom is -0.353 e. The molecule has 9 nitrogen and oxygen atoms in total. The highest BCUT2D eigenvalue weighted by Crippen LogP contribution is 2.30. The molecule has 5 heterocycles. The lowest BCUT2D eigenvalue weighted by atomic mass is 10.1. The van der Waals surface area contributed by atoms with E-state index in [-0.39, 0.29) is 17.2 Å². The predicted octanol–water partition coefficient (Wildman–Crippen LogP) is 4.64. The van der Waals surface area contributed by atoms with Gasteiger partial charge in [0.25, 0.3) is 0 Å². The Morgan fingerprint density at radius 2 is 1.76 bits per heavy atom. The highest BCUT2D eigenvalue weighted by molar-refractivity contribution is 5.87. The third-order valence-corrected chi connectivity index (χ3v) is 6.42. The molecular formula is C25H25F4N9. The van der Waals surface area contributed by atoms with Crippen LogP contribution >= 0.6 is 0 Å². The van der Waals surface area contributed by atoms with Crippen LogP contribution in [0.4, 0.5) is 34.9 Å². The van der Waals surface area contributed by atoms with Gasteiger partial charge in [-0.1, -0.05) is 0 Å². The minimum atomic E-state index is -4.47. The van der Waals surface area contributed by atoms with Crippen molar-refractivity contribution in [3.05, 3.63) is 54.0 Å². The van der Waals surface area contributed by atoms with Gasteiger partial charge in [-0.25, -0.2) is 24.3 Å². The molecule has 38 heavy (non-hydrogen) atoms. The number of pyridine rings is 2. The molecule has 1 aliphatic heterocycles. The van der Waals surface area contributed by atoms with Crippen LogP contribution in [-0.2, 0) is 12.9 Å². The zero-order valence-corrected chi connectivity index (χ0v) is 20.7. The van der Waals surface area contributed by atoms with Crippen molar-refractivity contribution in [2.24, 2.45) is 0 Å². The van der Waals surface area contributed by atoms with Crippen LogP contribution in [0.15, 0.2) is 42.9 Å². The van der Waals surface area contributed by atoms with Crippen molar-refractivity contribution in [3.8, 4) is 11.4 Å². The molecule has 4 aromatic rings. The van der Waals surface area contributed by atoms with Crippen LogP contribution in [0.1, 0.15) is 25.0 Å². The number of hydrogen-bond donors (Lipinski definition) is 1. The molecule has 0 atom stereocenters. The molecule has 1 saturated heterocycles. The van der Waals surface area contributed by atoms with Crippen LogP contribution in [0.25, 0.3) is 22.6 Å². The fourth-order valence-corrected chi connectivity index (χ4v) is 4.27. The number of nitrogens with one attached hydrogen (secondary N) is 1. The molecule has 198 valence electrons. The third kappa shape index (κ3) is 5.32. The normalized spacial score (nSPS) is 14.9. The molecule has 0 aromatic carbocycles. The number of piperazine rings is 1. The Morgan fingerprint density at radius 3 is 2.42 bits per heavy atom. The first kappa shape index (κ1) is 25.6. The van der Waals surface area contributed by atoms with Crippen LogP contribution in [0.5, 0.6) is 0 Å². The van der Waals surface area contributed by atoms with Crippen LogP contribution in [0, 0.1) is 0 Å². The maximum Gasteiger partial charge on any atom is 0.417 e. The zero-order valence-electron chi connectivity index (χ0n) is 20.7. The lowest BCUT2D eigenvalue weighted by Gasteiger charge is -2.37. The standard InChI is InChI=1S/C25H25F4N9/c1-15(2)37-7-9-38(10-8-37)21-11-16(12-26)22(36-35-21)19-14-32-23-18(5-6-30-24(23)34-19)33-20-4-3-17(13-31-20)25(27,28)29/h3-6,11,13-15H,7-10,12H2,1-2H3,(H,30,31,33,34). The number of fused-ring (bicyclic) bond motifs is 1.